The molecule has 0 radical (unpaired) electrons. The number of rotatable bonds is 2. The molecule has 0 aromatic carbocycles. The van der Waals surface area contributed by atoms with Crippen LogP contribution in [0, 0.1) is 0 Å². The molecule has 0 aromatic heterocycles. The van der Waals surface area contributed by atoms with Crippen LogP contribution in [-0.4, -0.2) is 47.8 Å². The standard InChI is InChI=1S/C9H17F3N2S/c1-7(13)8(9(10,11)12)14-3-2-5-15-6-4-14/h7-8H,2-6,13H2,1H3. The van der Waals surface area contributed by atoms with Gasteiger partial charge in [0.25, 0.3) is 0 Å². The van der Waals surface area contributed by atoms with Crippen molar-refractivity contribution in [1.29, 1.82) is 0 Å². The molecule has 2 unspecified atom stereocenters. The van der Waals surface area contributed by atoms with Crippen LogP contribution in [-0.2, 0) is 0 Å². The molecular weight excluding hydrogens is 225 g/mol. The van der Waals surface area contributed by atoms with E-state index in [-0.39, 0.29) is 0 Å². The van der Waals surface area contributed by atoms with Crippen molar-refractivity contribution in [1.82, 2.24) is 4.90 Å². The quantitative estimate of drug-likeness (QED) is 0.799. The van der Waals surface area contributed by atoms with Crippen LogP contribution in [0.4, 0.5) is 13.2 Å². The summed E-state index contributed by atoms with van der Waals surface area (Å²) in [5.41, 5.74) is 5.44. The van der Waals surface area contributed by atoms with Gasteiger partial charge in [-0.15, -0.1) is 0 Å². The molecule has 6 heteroatoms. The lowest BCUT2D eigenvalue weighted by atomic mass is 10.1. The molecule has 2 atom stereocenters. The van der Waals surface area contributed by atoms with Gasteiger partial charge < -0.3 is 5.73 Å². The van der Waals surface area contributed by atoms with Crippen molar-refractivity contribution in [3.05, 3.63) is 0 Å². The van der Waals surface area contributed by atoms with Crippen molar-refractivity contribution in [2.75, 3.05) is 24.6 Å². The van der Waals surface area contributed by atoms with Crippen molar-refractivity contribution >= 4 is 11.8 Å². The van der Waals surface area contributed by atoms with Crippen LogP contribution in [0.1, 0.15) is 13.3 Å². The van der Waals surface area contributed by atoms with Gasteiger partial charge in [0, 0.05) is 18.3 Å². The van der Waals surface area contributed by atoms with Crippen LogP contribution < -0.4 is 5.73 Å². The van der Waals surface area contributed by atoms with Crippen LogP contribution in [0.2, 0.25) is 0 Å². The zero-order valence-electron chi connectivity index (χ0n) is 8.76. The number of hydrogen-bond acceptors (Lipinski definition) is 3. The molecule has 1 aliphatic rings. The highest BCUT2D eigenvalue weighted by Crippen LogP contribution is 2.28. The fraction of sp³-hybridized carbons (Fsp3) is 1.00. The Morgan fingerprint density at radius 3 is 2.47 bits per heavy atom. The van der Waals surface area contributed by atoms with Gasteiger partial charge in [0.2, 0.25) is 0 Å². The van der Waals surface area contributed by atoms with Crippen molar-refractivity contribution in [2.45, 2.75) is 31.6 Å². The average Bonchev–Trinajstić information content (AvgIpc) is 2.29. The number of nitrogens with two attached hydrogens (primary N) is 1. The third-order valence-corrected chi connectivity index (χ3v) is 3.53. The second kappa shape index (κ2) is 5.41. The first kappa shape index (κ1) is 13.1. The number of hydrogen-bond donors (Lipinski definition) is 1. The maximum Gasteiger partial charge on any atom is 0.405 e. The van der Waals surface area contributed by atoms with Gasteiger partial charge in [0.1, 0.15) is 6.04 Å². The summed E-state index contributed by atoms with van der Waals surface area (Å²) in [5.74, 6) is 1.71. The Labute approximate surface area is 92.4 Å². The minimum absolute atomic E-state index is 0.483. The molecule has 0 aromatic rings. The molecule has 1 rings (SSSR count). The van der Waals surface area contributed by atoms with E-state index < -0.39 is 18.3 Å². The van der Waals surface area contributed by atoms with Gasteiger partial charge in [-0.05, 0) is 25.6 Å². The first-order valence-electron chi connectivity index (χ1n) is 5.07. The highest BCUT2D eigenvalue weighted by Gasteiger charge is 2.45. The average molecular weight is 242 g/mol. The Hall–Kier alpha value is 0.0600. The summed E-state index contributed by atoms with van der Waals surface area (Å²) in [7, 11) is 0. The lowest BCUT2D eigenvalue weighted by molar-refractivity contribution is -0.187. The Morgan fingerprint density at radius 1 is 1.27 bits per heavy atom. The first-order chi connectivity index (χ1) is 6.93. The third kappa shape index (κ3) is 3.85. The normalized spacial score (nSPS) is 24.6. The van der Waals surface area contributed by atoms with Crippen molar-refractivity contribution < 1.29 is 13.2 Å². The van der Waals surface area contributed by atoms with Gasteiger partial charge in [-0.3, -0.25) is 4.90 Å². The molecule has 0 bridgehead atoms. The molecule has 1 heterocycles. The number of nitrogens with zero attached hydrogens (tertiary/aromatic N) is 1. The summed E-state index contributed by atoms with van der Waals surface area (Å²) in [4.78, 5) is 1.48. The van der Waals surface area contributed by atoms with Gasteiger partial charge in [0.15, 0.2) is 0 Å². The monoisotopic (exact) mass is 242 g/mol. The summed E-state index contributed by atoms with van der Waals surface area (Å²) >= 11 is 1.71. The van der Waals surface area contributed by atoms with Crippen molar-refractivity contribution in [3.8, 4) is 0 Å². The second-order valence-corrected chi connectivity index (χ2v) is 5.07. The summed E-state index contributed by atoms with van der Waals surface area (Å²) in [6.45, 7) is 2.41. The molecule has 0 amide bonds. The van der Waals surface area contributed by atoms with Crippen LogP contribution in [0.15, 0.2) is 0 Å². The smallest absolute Gasteiger partial charge is 0.326 e. The van der Waals surface area contributed by atoms with E-state index >= 15 is 0 Å². The number of halogens is 3. The molecule has 90 valence electrons. The Balaban J connectivity index is 2.69. The van der Waals surface area contributed by atoms with E-state index in [0.717, 1.165) is 17.9 Å². The molecule has 1 fully saturated rings. The molecule has 15 heavy (non-hydrogen) atoms. The lowest BCUT2D eigenvalue weighted by Gasteiger charge is -2.34. The zero-order chi connectivity index (χ0) is 11.5. The van der Waals surface area contributed by atoms with E-state index in [0.29, 0.717) is 13.1 Å². The highest BCUT2D eigenvalue weighted by atomic mass is 32.2. The molecule has 2 N–H and O–H groups in total. The van der Waals surface area contributed by atoms with Gasteiger partial charge in [-0.2, -0.15) is 24.9 Å². The summed E-state index contributed by atoms with van der Waals surface area (Å²) in [6, 6.07) is -2.36. The molecular formula is C9H17F3N2S. The minimum atomic E-state index is -4.22. The maximum absolute atomic E-state index is 12.8. The summed E-state index contributed by atoms with van der Waals surface area (Å²) < 4.78 is 38.3. The summed E-state index contributed by atoms with van der Waals surface area (Å²) in [5, 5.41) is 0. The predicted octanol–water partition coefficient (Wildman–Crippen LogP) is 1.70. The minimum Gasteiger partial charge on any atom is -0.326 e. The van der Waals surface area contributed by atoms with Gasteiger partial charge >= 0.3 is 6.18 Å². The highest BCUT2D eigenvalue weighted by molar-refractivity contribution is 7.99. The van der Waals surface area contributed by atoms with Crippen molar-refractivity contribution in [3.63, 3.8) is 0 Å². The van der Waals surface area contributed by atoms with Crippen LogP contribution >= 0.6 is 11.8 Å². The van der Waals surface area contributed by atoms with Gasteiger partial charge in [0.05, 0.1) is 0 Å². The van der Waals surface area contributed by atoms with Gasteiger partial charge in [-0.25, -0.2) is 0 Å². The van der Waals surface area contributed by atoms with E-state index in [1.165, 1.54) is 11.8 Å². The van der Waals surface area contributed by atoms with E-state index in [4.69, 9.17) is 5.73 Å². The third-order valence-electron chi connectivity index (χ3n) is 2.48. The molecule has 0 aliphatic carbocycles. The van der Waals surface area contributed by atoms with Crippen LogP contribution in [0.25, 0.3) is 0 Å². The van der Waals surface area contributed by atoms with Gasteiger partial charge in [-0.1, -0.05) is 0 Å². The molecule has 0 saturated carbocycles. The van der Waals surface area contributed by atoms with E-state index in [9.17, 15) is 13.2 Å². The first-order valence-corrected chi connectivity index (χ1v) is 6.22. The van der Waals surface area contributed by atoms with Crippen LogP contribution in [0.5, 0.6) is 0 Å². The molecule has 1 saturated heterocycles. The topological polar surface area (TPSA) is 29.3 Å². The van der Waals surface area contributed by atoms with E-state index in [1.54, 1.807) is 11.8 Å². The Kier molecular flexibility index (Phi) is 4.73. The molecule has 2 nitrogen and oxygen atoms in total. The lowest BCUT2D eigenvalue weighted by Crippen LogP contribution is -2.55. The largest absolute Gasteiger partial charge is 0.405 e. The zero-order valence-corrected chi connectivity index (χ0v) is 9.57. The molecule has 0 spiro atoms. The fourth-order valence-corrected chi connectivity index (χ4v) is 2.78. The van der Waals surface area contributed by atoms with Crippen LogP contribution in [0.3, 0.4) is 0 Å². The second-order valence-electron chi connectivity index (χ2n) is 3.85. The Bertz CT molecular complexity index is 188. The maximum atomic E-state index is 12.8. The SMILES string of the molecule is CC(N)C(N1CCCSCC1)C(F)(F)F. The molecule has 1 aliphatic heterocycles. The fourth-order valence-electron chi connectivity index (χ4n) is 1.88. The summed E-state index contributed by atoms with van der Waals surface area (Å²) in [6.07, 6.45) is -3.41. The number of thioether (sulfide) groups is 1. The Morgan fingerprint density at radius 2 is 1.93 bits per heavy atom. The van der Waals surface area contributed by atoms with Crippen molar-refractivity contribution in [2.24, 2.45) is 5.73 Å². The number of alkyl halides is 3. The predicted molar refractivity (Wildman–Crippen MR) is 57.0 cm³/mol. The van der Waals surface area contributed by atoms with E-state index in [2.05, 4.69) is 0 Å². The van der Waals surface area contributed by atoms with E-state index in [1.807, 2.05) is 0 Å².